The highest BCUT2D eigenvalue weighted by atomic mass is 35.5. The predicted octanol–water partition coefficient (Wildman–Crippen LogP) is 5.72. The Morgan fingerprint density at radius 3 is 2.81 bits per heavy atom. The summed E-state index contributed by atoms with van der Waals surface area (Å²) in [4.78, 5) is 7.39. The molecule has 31 heavy (non-hydrogen) atoms. The van der Waals surface area contributed by atoms with Gasteiger partial charge in [-0.25, -0.2) is 4.98 Å². The summed E-state index contributed by atoms with van der Waals surface area (Å²) in [5, 5.41) is 13.3. The lowest BCUT2D eigenvalue weighted by molar-refractivity contribution is -0.0562. The van der Waals surface area contributed by atoms with Crippen molar-refractivity contribution in [3.05, 3.63) is 59.1 Å². The fourth-order valence-corrected chi connectivity index (χ4v) is 5.77. The maximum absolute atomic E-state index is 11.7. The first-order valence-electron chi connectivity index (χ1n) is 11.2. The van der Waals surface area contributed by atoms with Gasteiger partial charge in [0.2, 0.25) is 0 Å². The zero-order valence-corrected chi connectivity index (χ0v) is 18.8. The van der Waals surface area contributed by atoms with Crippen LogP contribution in [-0.2, 0) is 0 Å². The molecule has 1 aromatic heterocycles. The van der Waals surface area contributed by atoms with Crippen LogP contribution in [0.3, 0.4) is 0 Å². The summed E-state index contributed by atoms with van der Waals surface area (Å²) < 4.78 is 5.47. The highest BCUT2D eigenvalue weighted by Gasteiger charge is 2.42. The van der Waals surface area contributed by atoms with Crippen molar-refractivity contribution in [3.63, 3.8) is 0 Å². The minimum atomic E-state index is -0.573. The summed E-state index contributed by atoms with van der Waals surface area (Å²) in [6, 6.07) is 15.8. The number of fused-ring (bicyclic) bond motifs is 4. The van der Waals surface area contributed by atoms with E-state index >= 15 is 0 Å². The summed E-state index contributed by atoms with van der Waals surface area (Å²) in [6.45, 7) is 4.46. The summed E-state index contributed by atoms with van der Waals surface area (Å²) in [5.41, 5.74) is 3.56. The molecule has 2 bridgehead atoms. The number of halogens is 1. The van der Waals surface area contributed by atoms with Gasteiger partial charge in [0.05, 0.1) is 24.4 Å². The number of ether oxygens (including phenoxy) is 1. The number of piperidine rings is 3. The molecule has 5 atom stereocenters. The van der Waals surface area contributed by atoms with Gasteiger partial charge >= 0.3 is 0 Å². The molecule has 4 heterocycles. The topological polar surface area (TPSA) is 45.6 Å². The van der Waals surface area contributed by atoms with Gasteiger partial charge in [-0.2, -0.15) is 0 Å². The number of aliphatic hydroxyl groups excluding tert-OH is 1. The van der Waals surface area contributed by atoms with Crippen molar-refractivity contribution in [3.8, 4) is 17.0 Å². The maximum Gasteiger partial charge on any atom is 0.119 e. The van der Waals surface area contributed by atoms with E-state index in [1.54, 1.807) is 7.11 Å². The van der Waals surface area contributed by atoms with Crippen molar-refractivity contribution in [2.24, 2.45) is 11.8 Å². The Balaban J connectivity index is 1.60. The quantitative estimate of drug-likeness (QED) is 0.555. The first kappa shape index (κ1) is 20.7. The summed E-state index contributed by atoms with van der Waals surface area (Å²) in [6.07, 6.45) is 2.95. The van der Waals surface area contributed by atoms with Gasteiger partial charge in [-0.05, 0) is 73.2 Å². The number of benzene rings is 2. The second kappa shape index (κ2) is 8.42. The molecule has 6 rings (SSSR count). The Morgan fingerprint density at radius 1 is 1.23 bits per heavy atom. The van der Waals surface area contributed by atoms with Crippen LogP contribution < -0.4 is 4.74 Å². The molecule has 3 aromatic rings. The van der Waals surface area contributed by atoms with E-state index in [1.165, 1.54) is 12.8 Å². The van der Waals surface area contributed by atoms with Crippen molar-refractivity contribution in [2.45, 2.75) is 38.3 Å². The summed E-state index contributed by atoms with van der Waals surface area (Å²) in [7, 11) is 1.67. The van der Waals surface area contributed by atoms with Gasteiger partial charge in [-0.3, -0.25) is 4.90 Å². The highest BCUT2D eigenvalue weighted by Crippen LogP contribution is 2.43. The number of aliphatic hydroxyl groups is 1. The van der Waals surface area contributed by atoms with Gasteiger partial charge in [0.15, 0.2) is 0 Å². The van der Waals surface area contributed by atoms with E-state index in [4.69, 9.17) is 21.3 Å². The molecular weight excluding hydrogens is 408 g/mol. The number of pyridine rings is 1. The Labute approximate surface area is 188 Å². The van der Waals surface area contributed by atoms with Crippen molar-refractivity contribution < 1.29 is 9.84 Å². The van der Waals surface area contributed by atoms with Crippen LogP contribution in [0.25, 0.3) is 22.2 Å². The second-order valence-electron chi connectivity index (χ2n) is 8.95. The average Bonchev–Trinajstić information content (AvgIpc) is 2.82. The highest BCUT2D eigenvalue weighted by molar-refractivity contribution is 6.30. The minimum absolute atomic E-state index is 0.144. The van der Waals surface area contributed by atoms with E-state index in [0.717, 1.165) is 58.9 Å². The van der Waals surface area contributed by atoms with Crippen molar-refractivity contribution in [1.29, 1.82) is 0 Å². The normalized spacial score (nSPS) is 26.2. The van der Waals surface area contributed by atoms with E-state index in [2.05, 4.69) is 11.8 Å². The van der Waals surface area contributed by atoms with Gasteiger partial charge in [0, 0.05) is 28.6 Å². The Bertz CT molecular complexity index is 1100. The average molecular weight is 437 g/mol. The Morgan fingerprint density at radius 2 is 2.10 bits per heavy atom. The van der Waals surface area contributed by atoms with Gasteiger partial charge < -0.3 is 9.84 Å². The van der Waals surface area contributed by atoms with Gasteiger partial charge in [-0.1, -0.05) is 37.1 Å². The van der Waals surface area contributed by atoms with Gasteiger partial charge in [0.25, 0.3) is 0 Å². The zero-order chi connectivity index (χ0) is 21.5. The van der Waals surface area contributed by atoms with Gasteiger partial charge in [0.1, 0.15) is 5.75 Å². The molecule has 1 unspecified atom stereocenters. The first-order valence-corrected chi connectivity index (χ1v) is 11.6. The number of aromatic nitrogens is 1. The van der Waals surface area contributed by atoms with E-state index in [1.807, 2.05) is 48.5 Å². The lowest BCUT2D eigenvalue weighted by Gasteiger charge is -2.51. The largest absolute Gasteiger partial charge is 0.497 e. The smallest absolute Gasteiger partial charge is 0.119 e. The van der Waals surface area contributed by atoms with Crippen molar-refractivity contribution in [1.82, 2.24) is 9.88 Å². The molecule has 0 radical (unpaired) electrons. The summed E-state index contributed by atoms with van der Waals surface area (Å²) in [5.74, 6) is 2.24. The number of nitrogens with zero attached hydrogens (tertiary/aromatic N) is 2. The molecule has 4 nitrogen and oxygen atoms in total. The van der Waals surface area contributed by atoms with Crippen molar-refractivity contribution in [2.75, 3.05) is 20.2 Å². The number of rotatable bonds is 5. The standard InChI is InChI=1S/C26H29ClN2O2/c1-3-16-15-29-10-9-17(16)12-25(29)26(30)22-14-24(18-5-4-6-19(27)11-18)28-23-8-7-20(31-2)13-21(22)23/h4-8,11,13-14,16-17,25-26,30H,3,9-10,12,15H2,1-2H3/t16-,17+,25-,26+/m0/s1. The molecule has 0 amide bonds. The molecule has 0 aliphatic carbocycles. The first-order chi connectivity index (χ1) is 15.1. The third-order valence-corrected chi connectivity index (χ3v) is 7.55. The second-order valence-corrected chi connectivity index (χ2v) is 9.39. The fourth-order valence-electron chi connectivity index (χ4n) is 5.58. The molecule has 5 heteroatoms. The van der Waals surface area contributed by atoms with Crippen LogP contribution in [0.5, 0.6) is 5.75 Å². The molecule has 1 N–H and O–H groups in total. The van der Waals surface area contributed by atoms with E-state index < -0.39 is 6.10 Å². The monoisotopic (exact) mass is 436 g/mol. The van der Waals surface area contributed by atoms with Crippen molar-refractivity contribution >= 4 is 22.5 Å². The van der Waals surface area contributed by atoms with E-state index in [9.17, 15) is 5.11 Å². The maximum atomic E-state index is 11.7. The molecule has 0 saturated carbocycles. The number of hydrogen-bond acceptors (Lipinski definition) is 4. The lowest BCUT2D eigenvalue weighted by atomic mass is 9.72. The molecule has 162 valence electrons. The third kappa shape index (κ3) is 3.82. The Hall–Kier alpha value is -2.14. The summed E-state index contributed by atoms with van der Waals surface area (Å²) >= 11 is 6.25. The van der Waals surface area contributed by atoms with Crippen LogP contribution in [0.1, 0.15) is 37.9 Å². The van der Waals surface area contributed by atoms with Crippen LogP contribution in [0, 0.1) is 11.8 Å². The van der Waals surface area contributed by atoms with Crippen LogP contribution in [0.4, 0.5) is 0 Å². The van der Waals surface area contributed by atoms with Crippen LogP contribution in [0.2, 0.25) is 5.02 Å². The molecular formula is C26H29ClN2O2. The third-order valence-electron chi connectivity index (χ3n) is 7.31. The predicted molar refractivity (Wildman–Crippen MR) is 126 cm³/mol. The SMILES string of the molecule is CC[C@H]1CN2CC[C@@H]1C[C@H]2[C@H](O)c1cc(-c2cccc(Cl)c2)nc2ccc(OC)cc12. The van der Waals surface area contributed by atoms with Gasteiger partial charge in [-0.15, -0.1) is 0 Å². The minimum Gasteiger partial charge on any atom is -0.497 e. The number of methoxy groups -OCH3 is 1. The number of hydrogen-bond donors (Lipinski definition) is 1. The van der Waals surface area contributed by atoms with E-state index in [0.29, 0.717) is 10.9 Å². The molecule has 3 aliphatic rings. The molecule has 2 aromatic carbocycles. The lowest BCUT2D eigenvalue weighted by Crippen LogP contribution is -2.55. The van der Waals surface area contributed by atoms with Crippen LogP contribution in [0.15, 0.2) is 48.5 Å². The van der Waals surface area contributed by atoms with E-state index in [-0.39, 0.29) is 6.04 Å². The van der Waals surface area contributed by atoms with Crippen LogP contribution in [-0.4, -0.2) is 41.2 Å². The zero-order valence-electron chi connectivity index (χ0n) is 18.1. The molecule has 3 saturated heterocycles. The van der Waals surface area contributed by atoms with Crippen LogP contribution >= 0.6 is 11.6 Å². The molecule has 0 spiro atoms. The Kier molecular flexibility index (Phi) is 5.63. The fraction of sp³-hybridized carbons (Fsp3) is 0.423. The molecule has 3 aliphatic heterocycles. The molecule has 3 fully saturated rings.